The van der Waals surface area contributed by atoms with E-state index in [0.29, 0.717) is 0 Å². The Labute approximate surface area is 117 Å². The average molecular weight is 257 g/mol. The fourth-order valence-corrected chi connectivity index (χ4v) is 2.81. The van der Waals surface area contributed by atoms with Gasteiger partial charge in [-0.25, -0.2) is 0 Å². The molecule has 1 fully saturated rings. The number of hydrogen-bond donors (Lipinski definition) is 1. The van der Waals surface area contributed by atoms with Crippen LogP contribution < -0.4 is 5.73 Å². The highest BCUT2D eigenvalue weighted by Crippen LogP contribution is 2.31. The van der Waals surface area contributed by atoms with Crippen molar-refractivity contribution >= 4 is 0 Å². The zero-order valence-electron chi connectivity index (χ0n) is 12.0. The van der Waals surface area contributed by atoms with Crippen LogP contribution in [0.4, 0.5) is 0 Å². The van der Waals surface area contributed by atoms with E-state index in [0.717, 1.165) is 12.3 Å². The van der Waals surface area contributed by atoms with Crippen molar-refractivity contribution in [1.29, 1.82) is 0 Å². The molecule has 104 valence electrons. The molecule has 0 spiro atoms. The van der Waals surface area contributed by atoms with Crippen molar-refractivity contribution < 1.29 is 0 Å². The molecule has 0 aliphatic heterocycles. The van der Waals surface area contributed by atoms with E-state index in [4.69, 9.17) is 5.73 Å². The molecule has 0 aromatic heterocycles. The van der Waals surface area contributed by atoms with Gasteiger partial charge in [-0.3, -0.25) is 0 Å². The zero-order valence-corrected chi connectivity index (χ0v) is 12.0. The van der Waals surface area contributed by atoms with Gasteiger partial charge in [0.25, 0.3) is 0 Å². The first-order valence-electron chi connectivity index (χ1n) is 7.74. The zero-order chi connectivity index (χ0) is 13.5. The van der Waals surface area contributed by atoms with E-state index in [-0.39, 0.29) is 6.04 Å². The summed E-state index contributed by atoms with van der Waals surface area (Å²) < 4.78 is 0. The Morgan fingerprint density at radius 1 is 1.26 bits per heavy atom. The summed E-state index contributed by atoms with van der Waals surface area (Å²) in [6.07, 6.45) is 12.5. The number of unbranched alkanes of at least 4 members (excludes halogenated alkanes) is 1. The maximum atomic E-state index is 5.91. The summed E-state index contributed by atoms with van der Waals surface area (Å²) in [5.41, 5.74) is 8.71. The minimum absolute atomic E-state index is 0.0777. The summed E-state index contributed by atoms with van der Waals surface area (Å²) in [4.78, 5) is 0. The first-order chi connectivity index (χ1) is 9.28. The molecule has 1 atom stereocenters. The molecule has 1 heteroatoms. The number of hydrogen-bond acceptors (Lipinski definition) is 1. The average Bonchev–Trinajstić information content (AvgIpc) is 2.36. The molecule has 19 heavy (non-hydrogen) atoms. The molecule has 2 rings (SSSR count). The number of aryl methyl sites for hydroxylation is 1. The summed E-state index contributed by atoms with van der Waals surface area (Å²) in [6, 6.07) is 8.96. The number of rotatable bonds is 8. The molecule has 1 aromatic rings. The van der Waals surface area contributed by atoms with Crippen LogP contribution in [-0.4, -0.2) is 6.04 Å². The normalized spacial score (nSPS) is 16.9. The van der Waals surface area contributed by atoms with Gasteiger partial charge in [0.1, 0.15) is 0 Å². The second-order valence-corrected chi connectivity index (χ2v) is 5.97. The third kappa shape index (κ3) is 4.83. The minimum Gasteiger partial charge on any atom is -0.324 e. The monoisotopic (exact) mass is 257 g/mol. The molecule has 0 radical (unpaired) electrons. The van der Waals surface area contributed by atoms with Crippen LogP contribution in [-0.2, 0) is 12.8 Å². The van der Waals surface area contributed by atoms with Crippen LogP contribution in [0.1, 0.15) is 49.7 Å². The Balaban J connectivity index is 1.72. The van der Waals surface area contributed by atoms with Crippen molar-refractivity contribution in [3.63, 3.8) is 0 Å². The Morgan fingerprint density at radius 3 is 2.74 bits per heavy atom. The lowest BCUT2D eigenvalue weighted by Gasteiger charge is -2.24. The van der Waals surface area contributed by atoms with Crippen molar-refractivity contribution in [3.05, 3.63) is 48.0 Å². The highest BCUT2D eigenvalue weighted by molar-refractivity contribution is 5.24. The van der Waals surface area contributed by atoms with Crippen molar-refractivity contribution in [2.24, 2.45) is 11.7 Å². The van der Waals surface area contributed by atoms with Crippen LogP contribution in [0.3, 0.4) is 0 Å². The molecule has 1 aliphatic carbocycles. The van der Waals surface area contributed by atoms with Gasteiger partial charge in [-0.2, -0.15) is 0 Å². The molecular formula is C18H27N. The molecule has 0 unspecified atom stereocenters. The summed E-state index contributed by atoms with van der Waals surface area (Å²) in [7, 11) is 0. The summed E-state index contributed by atoms with van der Waals surface area (Å²) in [5, 5.41) is 0. The predicted octanol–water partition coefficient (Wildman–Crippen LogP) is 4.26. The van der Waals surface area contributed by atoms with Crippen LogP contribution >= 0.6 is 0 Å². The van der Waals surface area contributed by atoms with Crippen molar-refractivity contribution in [2.45, 2.75) is 57.4 Å². The molecule has 2 N–H and O–H groups in total. The largest absolute Gasteiger partial charge is 0.324 e. The van der Waals surface area contributed by atoms with E-state index >= 15 is 0 Å². The van der Waals surface area contributed by atoms with E-state index in [1.165, 1.54) is 56.1 Å². The van der Waals surface area contributed by atoms with Gasteiger partial charge in [0.05, 0.1) is 0 Å². The van der Waals surface area contributed by atoms with E-state index < -0.39 is 0 Å². The molecule has 0 bridgehead atoms. The van der Waals surface area contributed by atoms with E-state index in [9.17, 15) is 0 Å². The van der Waals surface area contributed by atoms with Crippen LogP contribution in [0.2, 0.25) is 0 Å². The van der Waals surface area contributed by atoms with Crippen LogP contribution in [0.15, 0.2) is 36.9 Å². The molecule has 0 saturated heterocycles. The molecule has 1 aromatic carbocycles. The van der Waals surface area contributed by atoms with Crippen LogP contribution in [0.25, 0.3) is 0 Å². The fraction of sp³-hybridized carbons (Fsp3) is 0.556. The Hall–Kier alpha value is -1.08. The maximum Gasteiger partial charge on any atom is 0.0262 e. The minimum atomic E-state index is 0.0777. The first kappa shape index (κ1) is 14.3. The van der Waals surface area contributed by atoms with Crippen molar-refractivity contribution in [2.75, 3.05) is 0 Å². The van der Waals surface area contributed by atoms with Gasteiger partial charge in [-0.15, -0.1) is 6.58 Å². The molecule has 0 amide bonds. The standard InChI is InChI=1S/C18H27N/c1-2-18(19)14-17-12-6-11-16(13-17)8-4-3-7-15-9-5-10-15/h2,6,11-13,15,18H,1,3-5,7-10,14,19H2/t18-/m1/s1. The highest BCUT2D eigenvalue weighted by Gasteiger charge is 2.16. The molecule has 1 saturated carbocycles. The second-order valence-electron chi connectivity index (χ2n) is 5.97. The van der Waals surface area contributed by atoms with Crippen LogP contribution in [0.5, 0.6) is 0 Å². The fourth-order valence-electron chi connectivity index (χ4n) is 2.81. The lowest BCUT2D eigenvalue weighted by atomic mass is 9.81. The predicted molar refractivity (Wildman–Crippen MR) is 83.2 cm³/mol. The first-order valence-corrected chi connectivity index (χ1v) is 7.74. The second kappa shape index (κ2) is 7.49. The SMILES string of the molecule is C=C[C@@H](N)Cc1cccc(CCCCC2CCC2)c1. The quantitative estimate of drug-likeness (QED) is 0.546. The molecule has 1 aliphatic rings. The topological polar surface area (TPSA) is 26.0 Å². The highest BCUT2D eigenvalue weighted by atomic mass is 14.6. The van der Waals surface area contributed by atoms with Crippen molar-refractivity contribution in [3.8, 4) is 0 Å². The summed E-state index contributed by atoms with van der Waals surface area (Å²) >= 11 is 0. The van der Waals surface area contributed by atoms with Crippen LogP contribution in [0, 0.1) is 5.92 Å². The number of benzene rings is 1. The molecule has 1 nitrogen and oxygen atoms in total. The van der Waals surface area contributed by atoms with Gasteiger partial charge < -0.3 is 5.73 Å². The van der Waals surface area contributed by atoms with Gasteiger partial charge in [0, 0.05) is 6.04 Å². The third-order valence-electron chi connectivity index (χ3n) is 4.32. The lowest BCUT2D eigenvalue weighted by molar-refractivity contribution is 0.287. The van der Waals surface area contributed by atoms with E-state index in [1.807, 2.05) is 6.08 Å². The van der Waals surface area contributed by atoms with E-state index in [2.05, 4.69) is 30.8 Å². The molecular weight excluding hydrogens is 230 g/mol. The summed E-state index contributed by atoms with van der Waals surface area (Å²) in [6.45, 7) is 3.74. The lowest BCUT2D eigenvalue weighted by Crippen LogP contribution is -2.19. The Bertz CT molecular complexity index is 392. The maximum absolute atomic E-state index is 5.91. The van der Waals surface area contributed by atoms with Gasteiger partial charge in [0.2, 0.25) is 0 Å². The van der Waals surface area contributed by atoms with Gasteiger partial charge in [-0.05, 0) is 36.3 Å². The van der Waals surface area contributed by atoms with Gasteiger partial charge >= 0.3 is 0 Å². The molecule has 0 heterocycles. The van der Waals surface area contributed by atoms with Gasteiger partial charge in [-0.1, -0.05) is 62.4 Å². The Kier molecular flexibility index (Phi) is 5.65. The smallest absolute Gasteiger partial charge is 0.0262 e. The summed E-state index contributed by atoms with van der Waals surface area (Å²) in [5.74, 6) is 1.05. The van der Waals surface area contributed by atoms with Gasteiger partial charge in [0.15, 0.2) is 0 Å². The van der Waals surface area contributed by atoms with E-state index in [1.54, 1.807) is 0 Å². The third-order valence-corrected chi connectivity index (χ3v) is 4.32. The number of nitrogens with two attached hydrogens (primary N) is 1. The van der Waals surface area contributed by atoms with Crippen molar-refractivity contribution in [1.82, 2.24) is 0 Å². The Morgan fingerprint density at radius 2 is 2.05 bits per heavy atom.